The first-order valence-corrected chi connectivity index (χ1v) is 9.03. The fourth-order valence-corrected chi connectivity index (χ4v) is 4.79. The first-order valence-electron chi connectivity index (χ1n) is 7.59. The molecule has 1 fully saturated rings. The zero-order chi connectivity index (χ0) is 15.6. The molecule has 0 saturated heterocycles. The van der Waals surface area contributed by atoms with Gasteiger partial charge in [-0.2, -0.15) is 4.31 Å². The molecule has 0 aromatic heterocycles. The smallest absolute Gasteiger partial charge is 0.243 e. The van der Waals surface area contributed by atoms with Gasteiger partial charge in [-0.1, -0.05) is 17.7 Å². The summed E-state index contributed by atoms with van der Waals surface area (Å²) < 4.78 is 27.2. The van der Waals surface area contributed by atoms with Crippen molar-refractivity contribution >= 4 is 10.0 Å². The summed E-state index contributed by atoms with van der Waals surface area (Å²) in [5.74, 6) is 0. The highest BCUT2D eigenvalue weighted by molar-refractivity contribution is 7.89. The Bertz CT molecular complexity index is 590. The first-order chi connectivity index (χ1) is 9.86. The molecular weight excluding hydrogens is 284 g/mol. The predicted octanol–water partition coefficient (Wildman–Crippen LogP) is 2.45. The normalized spacial score (nSPS) is 23.5. The van der Waals surface area contributed by atoms with Crippen molar-refractivity contribution in [3.8, 4) is 0 Å². The third kappa shape index (κ3) is 3.47. The van der Waals surface area contributed by atoms with E-state index in [1.165, 1.54) is 0 Å². The zero-order valence-corrected chi connectivity index (χ0v) is 14.2. The van der Waals surface area contributed by atoms with E-state index >= 15 is 0 Å². The molecule has 0 heterocycles. The molecule has 0 bridgehead atoms. The maximum Gasteiger partial charge on any atom is 0.243 e. The van der Waals surface area contributed by atoms with Gasteiger partial charge in [0.05, 0.1) is 4.90 Å². The van der Waals surface area contributed by atoms with Crippen LogP contribution in [0.1, 0.15) is 36.8 Å². The van der Waals surface area contributed by atoms with Crippen LogP contribution in [0.3, 0.4) is 0 Å². The fourth-order valence-electron chi connectivity index (χ4n) is 3.17. The molecule has 1 N–H and O–H groups in total. The van der Waals surface area contributed by atoms with Gasteiger partial charge in [0.2, 0.25) is 10.0 Å². The van der Waals surface area contributed by atoms with Gasteiger partial charge < -0.3 is 5.32 Å². The standard InChI is InChI=1S/C16H26N2O2S/c1-12-5-10-16(13(2)11-12)21(19,20)18(4)15-8-6-14(17-3)7-9-15/h5,10-11,14-15,17H,6-9H2,1-4H3. The second-order valence-electron chi connectivity index (χ2n) is 6.08. The van der Waals surface area contributed by atoms with E-state index in [-0.39, 0.29) is 6.04 Å². The lowest BCUT2D eigenvalue weighted by Crippen LogP contribution is -2.42. The molecule has 0 unspecified atom stereocenters. The van der Waals surface area contributed by atoms with Crippen molar-refractivity contribution in [3.63, 3.8) is 0 Å². The SMILES string of the molecule is CNC1CCC(N(C)S(=O)(=O)c2ccc(C)cc2C)CC1. The second kappa shape index (κ2) is 6.46. The van der Waals surface area contributed by atoms with Crippen LogP contribution in [-0.4, -0.2) is 38.9 Å². The molecule has 1 aromatic rings. The Kier molecular flexibility index (Phi) is 5.07. The Balaban J connectivity index is 2.19. The summed E-state index contributed by atoms with van der Waals surface area (Å²) in [5, 5.41) is 3.28. The van der Waals surface area contributed by atoms with E-state index in [2.05, 4.69) is 5.32 Å². The number of nitrogens with one attached hydrogen (secondary N) is 1. The summed E-state index contributed by atoms with van der Waals surface area (Å²) in [6.07, 6.45) is 3.92. The Morgan fingerprint density at radius 3 is 2.29 bits per heavy atom. The van der Waals surface area contributed by atoms with E-state index in [9.17, 15) is 8.42 Å². The van der Waals surface area contributed by atoms with Crippen molar-refractivity contribution in [2.45, 2.75) is 56.5 Å². The van der Waals surface area contributed by atoms with Crippen molar-refractivity contribution < 1.29 is 8.42 Å². The molecular formula is C16H26N2O2S. The van der Waals surface area contributed by atoms with Gasteiger partial charge >= 0.3 is 0 Å². The average Bonchev–Trinajstić information content (AvgIpc) is 2.46. The van der Waals surface area contributed by atoms with Gasteiger partial charge in [0.15, 0.2) is 0 Å². The molecule has 1 aliphatic rings. The van der Waals surface area contributed by atoms with Crippen molar-refractivity contribution in [2.24, 2.45) is 0 Å². The largest absolute Gasteiger partial charge is 0.317 e. The summed E-state index contributed by atoms with van der Waals surface area (Å²) in [4.78, 5) is 0.436. The summed E-state index contributed by atoms with van der Waals surface area (Å²) >= 11 is 0. The number of aryl methyl sites for hydroxylation is 2. The van der Waals surface area contributed by atoms with E-state index in [4.69, 9.17) is 0 Å². The number of nitrogens with zero attached hydrogens (tertiary/aromatic N) is 1. The van der Waals surface area contributed by atoms with Crippen LogP contribution in [0.2, 0.25) is 0 Å². The Morgan fingerprint density at radius 1 is 1.14 bits per heavy atom. The van der Waals surface area contributed by atoms with E-state index in [1.54, 1.807) is 17.4 Å². The number of sulfonamides is 1. The monoisotopic (exact) mass is 310 g/mol. The van der Waals surface area contributed by atoms with E-state index in [0.29, 0.717) is 10.9 Å². The summed E-state index contributed by atoms with van der Waals surface area (Å²) in [5.41, 5.74) is 1.91. The number of rotatable bonds is 4. The third-order valence-corrected chi connectivity index (χ3v) is 6.68. The maximum absolute atomic E-state index is 12.8. The molecule has 4 nitrogen and oxygen atoms in total. The van der Waals surface area contributed by atoms with Crippen LogP contribution in [0.15, 0.2) is 23.1 Å². The molecule has 0 amide bonds. The molecule has 2 rings (SSSR count). The van der Waals surface area contributed by atoms with Gasteiger partial charge in [0.25, 0.3) is 0 Å². The highest BCUT2D eigenvalue weighted by Crippen LogP contribution is 2.28. The minimum Gasteiger partial charge on any atom is -0.317 e. The van der Waals surface area contributed by atoms with Crippen LogP contribution >= 0.6 is 0 Å². The molecule has 0 aliphatic heterocycles. The van der Waals surface area contributed by atoms with Gasteiger partial charge in [0, 0.05) is 19.1 Å². The van der Waals surface area contributed by atoms with Crippen LogP contribution in [0.4, 0.5) is 0 Å². The van der Waals surface area contributed by atoms with E-state index in [1.807, 2.05) is 33.0 Å². The lowest BCUT2D eigenvalue weighted by Gasteiger charge is -2.34. The number of benzene rings is 1. The van der Waals surface area contributed by atoms with Crippen molar-refractivity contribution in [1.82, 2.24) is 9.62 Å². The Labute approximate surface area is 128 Å². The molecule has 0 atom stereocenters. The van der Waals surface area contributed by atoms with Gasteiger partial charge in [-0.25, -0.2) is 8.42 Å². The van der Waals surface area contributed by atoms with Gasteiger partial charge in [-0.3, -0.25) is 0 Å². The zero-order valence-electron chi connectivity index (χ0n) is 13.4. The summed E-state index contributed by atoms with van der Waals surface area (Å²) in [6.45, 7) is 3.85. The number of hydrogen-bond acceptors (Lipinski definition) is 3. The minimum absolute atomic E-state index is 0.111. The summed E-state index contributed by atoms with van der Waals surface area (Å²) in [7, 11) is 0.297. The quantitative estimate of drug-likeness (QED) is 0.929. The first kappa shape index (κ1) is 16.5. The van der Waals surface area contributed by atoms with Crippen molar-refractivity contribution in [1.29, 1.82) is 0 Å². The molecule has 21 heavy (non-hydrogen) atoms. The van der Waals surface area contributed by atoms with Crippen LogP contribution in [0, 0.1) is 13.8 Å². The van der Waals surface area contributed by atoms with Gasteiger partial charge in [-0.05, 0) is 58.2 Å². The highest BCUT2D eigenvalue weighted by atomic mass is 32.2. The third-order valence-electron chi connectivity index (χ3n) is 4.61. The van der Waals surface area contributed by atoms with Gasteiger partial charge in [0.1, 0.15) is 0 Å². The topological polar surface area (TPSA) is 49.4 Å². The fraction of sp³-hybridized carbons (Fsp3) is 0.625. The van der Waals surface area contributed by atoms with Crippen LogP contribution in [-0.2, 0) is 10.0 Å². The average molecular weight is 310 g/mol. The molecule has 1 aromatic carbocycles. The van der Waals surface area contributed by atoms with Crippen LogP contribution in [0.25, 0.3) is 0 Å². The minimum atomic E-state index is -3.40. The molecule has 1 aliphatic carbocycles. The Hall–Kier alpha value is -0.910. The number of hydrogen-bond donors (Lipinski definition) is 1. The molecule has 0 radical (unpaired) electrons. The van der Waals surface area contributed by atoms with Crippen molar-refractivity contribution in [2.75, 3.05) is 14.1 Å². The maximum atomic E-state index is 12.8. The highest BCUT2D eigenvalue weighted by Gasteiger charge is 2.31. The molecule has 5 heteroatoms. The predicted molar refractivity (Wildman–Crippen MR) is 86.0 cm³/mol. The van der Waals surface area contributed by atoms with E-state index in [0.717, 1.165) is 36.8 Å². The van der Waals surface area contributed by atoms with Crippen LogP contribution in [0.5, 0.6) is 0 Å². The van der Waals surface area contributed by atoms with Crippen molar-refractivity contribution in [3.05, 3.63) is 29.3 Å². The lowest BCUT2D eigenvalue weighted by atomic mass is 9.91. The summed E-state index contributed by atoms with van der Waals surface area (Å²) in [6, 6.07) is 6.17. The lowest BCUT2D eigenvalue weighted by molar-refractivity contribution is 0.255. The second-order valence-corrected chi connectivity index (χ2v) is 8.05. The van der Waals surface area contributed by atoms with E-state index < -0.39 is 10.0 Å². The molecule has 118 valence electrons. The van der Waals surface area contributed by atoms with Gasteiger partial charge in [-0.15, -0.1) is 0 Å². The molecule has 0 spiro atoms. The Morgan fingerprint density at radius 2 is 1.76 bits per heavy atom. The van der Waals surface area contributed by atoms with Crippen LogP contribution < -0.4 is 5.32 Å². The molecule has 1 saturated carbocycles.